The van der Waals surface area contributed by atoms with Crippen LogP contribution in [0.1, 0.15) is 36.8 Å². The molecule has 2 aliphatic heterocycles. The Morgan fingerprint density at radius 1 is 1.26 bits per heavy atom. The van der Waals surface area contributed by atoms with E-state index < -0.39 is 5.41 Å². The fourth-order valence-electron chi connectivity index (χ4n) is 5.02. The Kier molecular flexibility index (Phi) is 6.46. The first-order chi connectivity index (χ1) is 16.7. The molecule has 1 unspecified atom stereocenters. The zero-order chi connectivity index (χ0) is 24.9. The van der Waals surface area contributed by atoms with E-state index in [1.165, 1.54) is 10.5 Å². The van der Waals surface area contributed by atoms with Gasteiger partial charge in [-0.2, -0.15) is 0 Å². The molecule has 1 N–H and O–H groups in total. The molecule has 6 nitrogen and oxygen atoms in total. The predicted molar refractivity (Wildman–Crippen MR) is 140 cm³/mol. The lowest BCUT2D eigenvalue weighted by atomic mass is 9.82. The second kappa shape index (κ2) is 9.28. The van der Waals surface area contributed by atoms with Crippen molar-refractivity contribution < 1.29 is 14.3 Å². The van der Waals surface area contributed by atoms with Crippen molar-refractivity contribution in [3.8, 4) is 11.1 Å². The molecule has 2 saturated heterocycles. The van der Waals surface area contributed by atoms with Gasteiger partial charge >= 0.3 is 0 Å². The number of aromatic nitrogens is 1. The third-order valence-electron chi connectivity index (χ3n) is 7.46. The number of benzene rings is 1. The van der Waals surface area contributed by atoms with Crippen LogP contribution >= 0.6 is 22.9 Å². The van der Waals surface area contributed by atoms with Gasteiger partial charge in [-0.15, -0.1) is 11.3 Å². The van der Waals surface area contributed by atoms with Crippen LogP contribution in [0.15, 0.2) is 30.5 Å². The van der Waals surface area contributed by atoms with Gasteiger partial charge in [-0.3, -0.25) is 19.5 Å². The van der Waals surface area contributed by atoms with Crippen LogP contribution in [0.3, 0.4) is 0 Å². The van der Waals surface area contributed by atoms with E-state index in [0.717, 1.165) is 51.3 Å². The molecule has 2 aromatic heterocycles. The van der Waals surface area contributed by atoms with Crippen molar-refractivity contribution in [2.45, 2.75) is 46.8 Å². The van der Waals surface area contributed by atoms with Crippen LogP contribution in [-0.2, 0) is 27.3 Å². The number of amides is 2. The molecule has 0 saturated carbocycles. The number of aryl methyl sites for hydroxylation is 1. The number of carbonyl (C=O) groups is 2. The van der Waals surface area contributed by atoms with Crippen LogP contribution in [0.2, 0.25) is 5.02 Å². The summed E-state index contributed by atoms with van der Waals surface area (Å²) in [4.78, 5) is 32.7. The molecule has 2 fully saturated rings. The van der Waals surface area contributed by atoms with Gasteiger partial charge in [0.25, 0.3) is 0 Å². The fraction of sp³-hybridized carbons (Fsp3) is 0.444. The molecule has 2 atom stereocenters. The van der Waals surface area contributed by atoms with Crippen LogP contribution in [0.4, 0.5) is 0 Å². The van der Waals surface area contributed by atoms with E-state index >= 15 is 0 Å². The average molecular weight is 512 g/mol. The fourth-order valence-corrected chi connectivity index (χ4v) is 6.42. The van der Waals surface area contributed by atoms with Crippen molar-refractivity contribution in [1.29, 1.82) is 0 Å². The van der Waals surface area contributed by atoms with Crippen LogP contribution < -0.4 is 5.32 Å². The van der Waals surface area contributed by atoms with Crippen LogP contribution in [0.25, 0.3) is 21.3 Å². The molecule has 5 rings (SSSR count). The third kappa shape index (κ3) is 4.40. The number of rotatable bonds is 5. The molecule has 2 amide bonds. The first-order valence-corrected chi connectivity index (χ1v) is 13.2. The quantitative estimate of drug-likeness (QED) is 0.489. The maximum Gasteiger partial charge on any atom is 0.235 e. The molecule has 35 heavy (non-hydrogen) atoms. The van der Waals surface area contributed by atoms with E-state index in [4.69, 9.17) is 16.3 Å². The summed E-state index contributed by atoms with van der Waals surface area (Å²) in [5, 5.41) is 4.10. The molecular weight excluding hydrogens is 482 g/mol. The molecule has 0 aliphatic carbocycles. The van der Waals surface area contributed by atoms with Crippen molar-refractivity contribution in [3.63, 3.8) is 0 Å². The highest BCUT2D eigenvalue weighted by molar-refractivity contribution is 7.19. The van der Waals surface area contributed by atoms with Crippen LogP contribution in [0.5, 0.6) is 0 Å². The first-order valence-electron chi connectivity index (χ1n) is 12.0. The Balaban J connectivity index is 1.53. The Bertz CT molecular complexity index is 1310. The summed E-state index contributed by atoms with van der Waals surface area (Å²) in [6.45, 7) is 10.3. The molecule has 8 heteroatoms. The smallest absolute Gasteiger partial charge is 0.235 e. The van der Waals surface area contributed by atoms with Gasteiger partial charge in [0, 0.05) is 47.1 Å². The van der Waals surface area contributed by atoms with Crippen molar-refractivity contribution in [2.75, 3.05) is 19.7 Å². The summed E-state index contributed by atoms with van der Waals surface area (Å²) < 4.78 is 7.02. The largest absolute Gasteiger partial charge is 0.375 e. The lowest BCUT2D eigenvalue weighted by molar-refractivity contribution is -0.141. The van der Waals surface area contributed by atoms with E-state index in [1.54, 1.807) is 11.3 Å². The number of carbonyl (C=O) groups excluding carboxylic acids is 2. The van der Waals surface area contributed by atoms with Gasteiger partial charge in [0.2, 0.25) is 11.8 Å². The predicted octanol–water partition coefficient (Wildman–Crippen LogP) is 4.99. The average Bonchev–Trinajstić information content (AvgIpc) is 3.31. The van der Waals surface area contributed by atoms with E-state index in [2.05, 4.69) is 17.2 Å². The highest BCUT2D eigenvalue weighted by Crippen LogP contribution is 2.41. The van der Waals surface area contributed by atoms with E-state index in [0.29, 0.717) is 11.6 Å². The summed E-state index contributed by atoms with van der Waals surface area (Å²) in [6.07, 6.45) is 2.71. The highest BCUT2D eigenvalue weighted by Gasteiger charge is 2.51. The summed E-state index contributed by atoms with van der Waals surface area (Å²) >= 11 is 8.10. The van der Waals surface area contributed by atoms with Crippen molar-refractivity contribution in [3.05, 3.63) is 51.5 Å². The number of imide groups is 1. The topological polar surface area (TPSA) is 71.5 Å². The van der Waals surface area contributed by atoms with Gasteiger partial charge in [0.05, 0.1) is 34.9 Å². The zero-order valence-corrected chi connectivity index (χ0v) is 22.1. The molecule has 4 heterocycles. The number of thiophene rings is 1. The summed E-state index contributed by atoms with van der Waals surface area (Å²) in [5.74, 6) is -0.555. The number of morpholine rings is 1. The van der Waals surface area contributed by atoms with Gasteiger partial charge in [-0.05, 0) is 47.9 Å². The second-order valence-corrected chi connectivity index (χ2v) is 11.7. The van der Waals surface area contributed by atoms with E-state index in [1.807, 2.05) is 51.2 Å². The van der Waals surface area contributed by atoms with E-state index in [-0.39, 0.29) is 30.4 Å². The molecule has 0 bridgehead atoms. The maximum absolute atomic E-state index is 12.9. The minimum absolute atomic E-state index is 0.108. The number of halogens is 1. The first kappa shape index (κ1) is 24.4. The van der Waals surface area contributed by atoms with Crippen molar-refractivity contribution in [2.24, 2.45) is 11.3 Å². The SMILES string of the molecule is Cc1cc(Cl)cc(-c2ccnc3cc(CN4C(=O)C(C)C(C)(C)C4=O)sc23)c1C[C@@H]1CNCCO1. The number of likely N-dealkylation sites (tertiary alicyclic amines) is 1. The molecule has 184 valence electrons. The Morgan fingerprint density at radius 3 is 2.74 bits per heavy atom. The molecular formula is C27H30ClN3O3S. The lowest BCUT2D eigenvalue weighted by Gasteiger charge is -2.25. The second-order valence-electron chi connectivity index (χ2n) is 10.1. The number of nitrogens with one attached hydrogen (secondary N) is 1. The lowest BCUT2D eigenvalue weighted by Crippen LogP contribution is -2.39. The van der Waals surface area contributed by atoms with Gasteiger partial charge in [-0.1, -0.05) is 32.4 Å². The van der Waals surface area contributed by atoms with Gasteiger partial charge in [0.15, 0.2) is 0 Å². The zero-order valence-electron chi connectivity index (χ0n) is 20.5. The highest BCUT2D eigenvalue weighted by atomic mass is 35.5. The molecule has 0 spiro atoms. The monoisotopic (exact) mass is 511 g/mol. The number of hydrogen-bond acceptors (Lipinski definition) is 6. The van der Waals surface area contributed by atoms with Crippen LogP contribution in [0, 0.1) is 18.3 Å². The van der Waals surface area contributed by atoms with E-state index in [9.17, 15) is 9.59 Å². The normalized spacial score (nSPS) is 22.4. The molecule has 2 aliphatic rings. The summed E-state index contributed by atoms with van der Waals surface area (Å²) in [6, 6.07) is 8.04. The number of hydrogen-bond donors (Lipinski definition) is 1. The molecule has 3 aromatic rings. The summed E-state index contributed by atoms with van der Waals surface area (Å²) in [7, 11) is 0. The standard InChI is InChI=1S/C27H30ClN3O3S/c1-15-9-17(28)10-22(21(15)11-18-13-29-7-8-34-18)20-5-6-30-23-12-19(35-24(20)23)14-31-25(32)16(2)27(3,4)26(31)33/h5-6,9-10,12,16,18,29H,7-8,11,13-14H2,1-4H3/t16?,18-/m1/s1. The third-order valence-corrected chi connectivity index (χ3v) is 8.82. The number of ether oxygens (including phenoxy) is 1. The Labute approximate surface area is 214 Å². The van der Waals surface area contributed by atoms with Crippen molar-refractivity contribution in [1.82, 2.24) is 15.2 Å². The number of nitrogens with zero attached hydrogens (tertiary/aromatic N) is 2. The van der Waals surface area contributed by atoms with Gasteiger partial charge < -0.3 is 10.1 Å². The number of pyridine rings is 1. The van der Waals surface area contributed by atoms with Gasteiger partial charge in [0.1, 0.15) is 0 Å². The minimum Gasteiger partial charge on any atom is -0.375 e. The minimum atomic E-state index is -0.680. The maximum atomic E-state index is 12.9. The Hall–Kier alpha value is -2.32. The number of fused-ring (bicyclic) bond motifs is 1. The van der Waals surface area contributed by atoms with Crippen LogP contribution in [-0.4, -0.2) is 47.5 Å². The molecule has 1 aromatic carbocycles. The Morgan fingerprint density at radius 2 is 2.06 bits per heavy atom. The van der Waals surface area contributed by atoms with Gasteiger partial charge in [-0.25, -0.2) is 0 Å². The summed E-state index contributed by atoms with van der Waals surface area (Å²) in [5.41, 5.74) is 4.66. The molecule has 0 radical (unpaired) electrons. The van der Waals surface area contributed by atoms with Crippen molar-refractivity contribution >= 4 is 45.0 Å².